The molecule has 0 unspecified atom stereocenters. The summed E-state index contributed by atoms with van der Waals surface area (Å²) in [6.45, 7) is 10.6. The maximum atomic E-state index is 13.1. The number of furan rings is 1. The number of benzene rings is 1. The van der Waals surface area contributed by atoms with Gasteiger partial charge in [0.15, 0.2) is 0 Å². The van der Waals surface area contributed by atoms with Crippen molar-refractivity contribution in [2.24, 2.45) is 5.92 Å². The number of aryl methyl sites for hydroxylation is 1. The van der Waals surface area contributed by atoms with Crippen LogP contribution in [-0.2, 0) is 22.6 Å². The molecule has 2 aromatic rings. The van der Waals surface area contributed by atoms with E-state index in [2.05, 4.69) is 12.1 Å². The first kappa shape index (κ1) is 21.7. The summed E-state index contributed by atoms with van der Waals surface area (Å²) in [5.74, 6) is 1.38. The molecule has 0 aliphatic heterocycles. The van der Waals surface area contributed by atoms with Crippen molar-refractivity contribution in [1.29, 1.82) is 0 Å². The summed E-state index contributed by atoms with van der Waals surface area (Å²) >= 11 is 0. The lowest BCUT2D eigenvalue weighted by molar-refractivity contribution is -0.144. The predicted octanol–water partition coefficient (Wildman–Crippen LogP) is 4.05. The average Bonchev–Trinajstić information content (AvgIpc) is 3.07. The number of carbonyl (C=O) groups is 2. The van der Waals surface area contributed by atoms with Gasteiger partial charge < -0.3 is 14.2 Å². The molecule has 5 nitrogen and oxygen atoms in total. The number of amides is 2. The van der Waals surface area contributed by atoms with Gasteiger partial charge in [0.1, 0.15) is 11.5 Å². The molecule has 2 rings (SSSR count). The standard InChI is InChI=1S/C23H32N2O3/c1-17(2)23(27)25(18(3)4)16-22(26)24(15-21-12-11-19(5)28-21)14-13-20-9-7-6-8-10-20/h6-12,17-18H,13-16H2,1-5H3. The van der Waals surface area contributed by atoms with E-state index in [4.69, 9.17) is 4.42 Å². The van der Waals surface area contributed by atoms with Crippen molar-refractivity contribution in [2.45, 2.75) is 53.6 Å². The predicted molar refractivity (Wildman–Crippen MR) is 111 cm³/mol. The average molecular weight is 385 g/mol. The Labute approximate surface area is 168 Å². The molecule has 28 heavy (non-hydrogen) atoms. The lowest BCUT2D eigenvalue weighted by Gasteiger charge is -2.31. The van der Waals surface area contributed by atoms with Crippen molar-refractivity contribution in [3.8, 4) is 0 Å². The third-order valence-corrected chi connectivity index (χ3v) is 4.71. The van der Waals surface area contributed by atoms with Gasteiger partial charge >= 0.3 is 0 Å². The van der Waals surface area contributed by atoms with Crippen molar-refractivity contribution < 1.29 is 14.0 Å². The Morgan fingerprint density at radius 1 is 1.00 bits per heavy atom. The molecule has 5 heteroatoms. The molecule has 1 heterocycles. The molecule has 1 aromatic carbocycles. The van der Waals surface area contributed by atoms with Crippen LogP contribution in [0.4, 0.5) is 0 Å². The van der Waals surface area contributed by atoms with Crippen LogP contribution in [0.15, 0.2) is 46.9 Å². The van der Waals surface area contributed by atoms with E-state index in [1.807, 2.05) is 65.0 Å². The third kappa shape index (κ3) is 6.25. The molecule has 0 bridgehead atoms. The lowest BCUT2D eigenvalue weighted by Crippen LogP contribution is -2.47. The van der Waals surface area contributed by atoms with Crippen LogP contribution in [0.3, 0.4) is 0 Å². The minimum Gasteiger partial charge on any atom is -0.464 e. The fraction of sp³-hybridized carbons (Fsp3) is 0.478. The van der Waals surface area contributed by atoms with Gasteiger partial charge in [-0.25, -0.2) is 0 Å². The van der Waals surface area contributed by atoms with Gasteiger partial charge in [-0.1, -0.05) is 44.2 Å². The van der Waals surface area contributed by atoms with Crippen LogP contribution < -0.4 is 0 Å². The van der Waals surface area contributed by atoms with E-state index in [-0.39, 0.29) is 30.3 Å². The van der Waals surface area contributed by atoms with Gasteiger partial charge in [0, 0.05) is 18.5 Å². The summed E-state index contributed by atoms with van der Waals surface area (Å²) < 4.78 is 5.68. The second kappa shape index (κ2) is 10.1. The van der Waals surface area contributed by atoms with Crippen LogP contribution >= 0.6 is 0 Å². The molecular formula is C23H32N2O3. The molecule has 0 fully saturated rings. The van der Waals surface area contributed by atoms with Crippen LogP contribution in [0.5, 0.6) is 0 Å². The highest BCUT2D eigenvalue weighted by Crippen LogP contribution is 2.13. The van der Waals surface area contributed by atoms with Crippen LogP contribution in [0.1, 0.15) is 44.8 Å². The van der Waals surface area contributed by atoms with Crippen LogP contribution in [-0.4, -0.2) is 40.7 Å². The molecule has 0 aliphatic rings. The number of hydrogen-bond acceptors (Lipinski definition) is 3. The van der Waals surface area contributed by atoms with Gasteiger partial charge in [0.2, 0.25) is 11.8 Å². The molecule has 2 amide bonds. The quantitative estimate of drug-likeness (QED) is 0.655. The van der Waals surface area contributed by atoms with E-state index >= 15 is 0 Å². The Morgan fingerprint density at radius 2 is 1.68 bits per heavy atom. The van der Waals surface area contributed by atoms with Crippen molar-refractivity contribution >= 4 is 11.8 Å². The number of nitrogens with zero attached hydrogens (tertiary/aromatic N) is 2. The Kier molecular flexibility index (Phi) is 7.85. The maximum absolute atomic E-state index is 13.1. The normalized spacial score (nSPS) is 11.1. The Balaban J connectivity index is 2.13. The molecule has 0 spiro atoms. The molecule has 0 radical (unpaired) electrons. The number of rotatable bonds is 9. The Bertz CT molecular complexity index is 765. The van der Waals surface area contributed by atoms with Gasteiger partial charge in [0.05, 0.1) is 13.1 Å². The van der Waals surface area contributed by atoms with Crippen molar-refractivity contribution in [2.75, 3.05) is 13.1 Å². The highest BCUT2D eigenvalue weighted by molar-refractivity contribution is 5.85. The summed E-state index contributed by atoms with van der Waals surface area (Å²) in [5.41, 5.74) is 1.18. The van der Waals surface area contributed by atoms with E-state index in [1.165, 1.54) is 5.56 Å². The first-order valence-electron chi connectivity index (χ1n) is 9.95. The molecule has 0 saturated carbocycles. The van der Waals surface area contributed by atoms with Crippen molar-refractivity contribution in [1.82, 2.24) is 9.80 Å². The molecule has 0 atom stereocenters. The van der Waals surface area contributed by atoms with Crippen LogP contribution in [0.2, 0.25) is 0 Å². The second-order valence-corrected chi connectivity index (χ2v) is 7.78. The first-order chi connectivity index (χ1) is 13.3. The summed E-state index contributed by atoms with van der Waals surface area (Å²) in [6, 6.07) is 13.9. The number of carbonyl (C=O) groups excluding carboxylic acids is 2. The van der Waals surface area contributed by atoms with Gasteiger partial charge in [-0.3, -0.25) is 9.59 Å². The van der Waals surface area contributed by atoms with Crippen molar-refractivity contribution in [3.05, 3.63) is 59.5 Å². The first-order valence-corrected chi connectivity index (χ1v) is 9.95. The zero-order valence-electron chi connectivity index (χ0n) is 17.6. The molecule has 0 N–H and O–H groups in total. The Hall–Kier alpha value is -2.56. The van der Waals surface area contributed by atoms with Crippen LogP contribution in [0, 0.1) is 12.8 Å². The summed E-state index contributed by atoms with van der Waals surface area (Å²) in [4.78, 5) is 29.1. The second-order valence-electron chi connectivity index (χ2n) is 7.78. The van der Waals surface area contributed by atoms with E-state index in [9.17, 15) is 9.59 Å². The van der Waals surface area contributed by atoms with E-state index in [0.717, 1.165) is 17.9 Å². The minimum atomic E-state index is -0.138. The van der Waals surface area contributed by atoms with Gasteiger partial charge in [-0.15, -0.1) is 0 Å². The summed E-state index contributed by atoms with van der Waals surface area (Å²) in [7, 11) is 0. The number of hydrogen-bond donors (Lipinski definition) is 0. The molecule has 1 aromatic heterocycles. The zero-order chi connectivity index (χ0) is 20.7. The smallest absolute Gasteiger partial charge is 0.242 e. The van der Waals surface area contributed by atoms with Gasteiger partial charge in [-0.2, -0.15) is 0 Å². The fourth-order valence-corrected chi connectivity index (χ4v) is 3.05. The Morgan fingerprint density at radius 3 is 2.21 bits per heavy atom. The summed E-state index contributed by atoms with van der Waals surface area (Å²) in [5, 5.41) is 0. The highest BCUT2D eigenvalue weighted by atomic mass is 16.3. The van der Waals surface area contributed by atoms with E-state index in [1.54, 1.807) is 9.80 Å². The van der Waals surface area contributed by atoms with E-state index in [0.29, 0.717) is 13.1 Å². The van der Waals surface area contributed by atoms with Gasteiger partial charge in [-0.05, 0) is 44.9 Å². The monoisotopic (exact) mass is 384 g/mol. The zero-order valence-corrected chi connectivity index (χ0v) is 17.6. The van der Waals surface area contributed by atoms with Crippen LogP contribution in [0.25, 0.3) is 0 Å². The molecule has 152 valence electrons. The minimum absolute atomic E-state index is 0.000187. The largest absolute Gasteiger partial charge is 0.464 e. The molecular weight excluding hydrogens is 352 g/mol. The molecule has 0 saturated heterocycles. The van der Waals surface area contributed by atoms with Gasteiger partial charge in [0.25, 0.3) is 0 Å². The fourth-order valence-electron chi connectivity index (χ4n) is 3.05. The SMILES string of the molecule is Cc1ccc(CN(CCc2ccccc2)C(=O)CN(C(=O)C(C)C)C(C)C)o1. The van der Waals surface area contributed by atoms with Crippen molar-refractivity contribution in [3.63, 3.8) is 0 Å². The maximum Gasteiger partial charge on any atom is 0.242 e. The molecule has 0 aliphatic carbocycles. The topological polar surface area (TPSA) is 53.8 Å². The third-order valence-electron chi connectivity index (χ3n) is 4.71. The lowest BCUT2D eigenvalue weighted by atomic mass is 10.1. The highest BCUT2D eigenvalue weighted by Gasteiger charge is 2.25. The summed E-state index contributed by atoms with van der Waals surface area (Å²) in [6.07, 6.45) is 0.756. The van der Waals surface area contributed by atoms with E-state index < -0.39 is 0 Å².